The van der Waals surface area contributed by atoms with Crippen molar-refractivity contribution in [1.29, 1.82) is 0 Å². The summed E-state index contributed by atoms with van der Waals surface area (Å²) in [5.74, 6) is 0.795. The lowest BCUT2D eigenvalue weighted by Crippen LogP contribution is -2.25. The quantitative estimate of drug-likeness (QED) is 0.826. The Morgan fingerprint density at radius 1 is 1.50 bits per heavy atom. The summed E-state index contributed by atoms with van der Waals surface area (Å²) in [5.41, 5.74) is 1.08. The standard InChI is InChI=1S/C13H22ClN3O/c1-10(2)18-6-5-17(4)13-12(14)7-11(8-15-3)9-16-13/h7,9-10,15H,5-6,8H2,1-4H3. The van der Waals surface area contributed by atoms with Crippen molar-refractivity contribution in [1.82, 2.24) is 10.3 Å². The Hall–Kier alpha value is -0.840. The van der Waals surface area contributed by atoms with Gasteiger partial charge in [-0.2, -0.15) is 0 Å². The zero-order chi connectivity index (χ0) is 13.5. The number of nitrogens with one attached hydrogen (secondary N) is 1. The van der Waals surface area contributed by atoms with Crippen molar-refractivity contribution in [2.24, 2.45) is 0 Å². The summed E-state index contributed by atoms with van der Waals surface area (Å²) >= 11 is 6.23. The fraction of sp³-hybridized carbons (Fsp3) is 0.615. The second-order valence-corrected chi connectivity index (χ2v) is 4.93. The number of anilines is 1. The topological polar surface area (TPSA) is 37.4 Å². The number of hydrogen-bond donors (Lipinski definition) is 1. The largest absolute Gasteiger partial charge is 0.377 e. The van der Waals surface area contributed by atoms with Gasteiger partial charge in [0.15, 0.2) is 0 Å². The van der Waals surface area contributed by atoms with Crippen LogP contribution in [0.15, 0.2) is 12.3 Å². The fourth-order valence-corrected chi connectivity index (χ4v) is 1.92. The molecule has 1 heterocycles. The number of rotatable bonds is 7. The number of pyridine rings is 1. The van der Waals surface area contributed by atoms with E-state index >= 15 is 0 Å². The molecule has 0 aromatic carbocycles. The second kappa shape index (κ2) is 7.56. The van der Waals surface area contributed by atoms with Crippen LogP contribution in [0.3, 0.4) is 0 Å². The summed E-state index contributed by atoms with van der Waals surface area (Å²) in [6, 6.07) is 1.94. The van der Waals surface area contributed by atoms with E-state index in [0.717, 1.165) is 24.5 Å². The summed E-state index contributed by atoms with van der Waals surface area (Å²) in [5, 5.41) is 3.75. The van der Waals surface area contributed by atoms with Crippen LogP contribution in [0.25, 0.3) is 0 Å². The molecule has 1 aromatic heterocycles. The van der Waals surface area contributed by atoms with E-state index in [1.807, 2.05) is 45.1 Å². The van der Waals surface area contributed by atoms with Crippen LogP contribution in [0.1, 0.15) is 19.4 Å². The Balaban J connectivity index is 2.59. The maximum absolute atomic E-state index is 6.23. The average Bonchev–Trinajstić information content (AvgIpc) is 2.28. The average molecular weight is 272 g/mol. The third-order valence-electron chi connectivity index (χ3n) is 2.50. The zero-order valence-electron chi connectivity index (χ0n) is 11.5. The van der Waals surface area contributed by atoms with E-state index in [9.17, 15) is 0 Å². The lowest BCUT2D eigenvalue weighted by atomic mass is 10.3. The highest BCUT2D eigenvalue weighted by Crippen LogP contribution is 2.22. The first-order valence-corrected chi connectivity index (χ1v) is 6.54. The van der Waals surface area contributed by atoms with Crippen LogP contribution in [0.2, 0.25) is 5.02 Å². The van der Waals surface area contributed by atoms with E-state index in [1.54, 1.807) is 0 Å². The normalized spacial score (nSPS) is 11.0. The molecule has 1 rings (SSSR count). The SMILES string of the molecule is CNCc1cnc(N(C)CCOC(C)C)c(Cl)c1. The smallest absolute Gasteiger partial charge is 0.147 e. The van der Waals surface area contributed by atoms with Crippen molar-refractivity contribution in [2.45, 2.75) is 26.5 Å². The molecule has 18 heavy (non-hydrogen) atoms. The molecule has 1 aromatic rings. The van der Waals surface area contributed by atoms with Crippen LogP contribution in [0.5, 0.6) is 0 Å². The molecule has 5 heteroatoms. The Morgan fingerprint density at radius 2 is 2.22 bits per heavy atom. The molecular weight excluding hydrogens is 250 g/mol. The van der Waals surface area contributed by atoms with Crippen molar-refractivity contribution in [3.05, 3.63) is 22.8 Å². The van der Waals surface area contributed by atoms with Gasteiger partial charge in [0, 0.05) is 26.3 Å². The third kappa shape index (κ3) is 4.80. The summed E-state index contributed by atoms with van der Waals surface area (Å²) in [6.45, 7) is 6.27. The highest BCUT2D eigenvalue weighted by molar-refractivity contribution is 6.33. The molecule has 0 atom stereocenters. The summed E-state index contributed by atoms with van der Waals surface area (Å²) < 4.78 is 5.51. The first-order chi connectivity index (χ1) is 8.54. The van der Waals surface area contributed by atoms with E-state index in [-0.39, 0.29) is 6.10 Å². The van der Waals surface area contributed by atoms with Gasteiger partial charge in [-0.15, -0.1) is 0 Å². The summed E-state index contributed by atoms with van der Waals surface area (Å²) in [6.07, 6.45) is 2.09. The predicted octanol–water partition coefficient (Wildman–Crippen LogP) is 2.32. The monoisotopic (exact) mass is 271 g/mol. The first-order valence-electron chi connectivity index (χ1n) is 6.16. The van der Waals surface area contributed by atoms with Gasteiger partial charge in [-0.1, -0.05) is 11.6 Å². The lowest BCUT2D eigenvalue weighted by molar-refractivity contribution is 0.0845. The van der Waals surface area contributed by atoms with Gasteiger partial charge in [-0.25, -0.2) is 4.98 Å². The Morgan fingerprint density at radius 3 is 2.78 bits per heavy atom. The molecule has 0 bridgehead atoms. The van der Waals surface area contributed by atoms with Crippen LogP contribution in [-0.2, 0) is 11.3 Å². The van der Waals surface area contributed by atoms with Crippen LogP contribution in [-0.4, -0.2) is 38.3 Å². The van der Waals surface area contributed by atoms with Crippen molar-refractivity contribution in [2.75, 3.05) is 32.1 Å². The number of halogens is 1. The van der Waals surface area contributed by atoms with E-state index in [0.29, 0.717) is 11.6 Å². The molecule has 1 N–H and O–H groups in total. The second-order valence-electron chi connectivity index (χ2n) is 4.52. The van der Waals surface area contributed by atoms with Crippen LogP contribution < -0.4 is 10.2 Å². The molecule has 0 fully saturated rings. The van der Waals surface area contributed by atoms with Gasteiger partial charge in [-0.05, 0) is 32.5 Å². The minimum absolute atomic E-state index is 0.250. The van der Waals surface area contributed by atoms with Crippen LogP contribution in [0, 0.1) is 0 Å². The number of hydrogen-bond acceptors (Lipinski definition) is 4. The molecule has 0 saturated carbocycles. The molecule has 0 unspecified atom stereocenters. The van der Waals surface area contributed by atoms with Crippen LogP contribution in [0.4, 0.5) is 5.82 Å². The maximum atomic E-state index is 6.23. The van der Waals surface area contributed by atoms with Gasteiger partial charge >= 0.3 is 0 Å². The van der Waals surface area contributed by atoms with Gasteiger partial charge in [-0.3, -0.25) is 0 Å². The van der Waals surface area contributed by atoms with Gasteiger partial charge in [0.1, 0.15) is 5.82 Å². The highest BCUT2D eigenvalue weighted by Gasteiger charge is 2.08. The van der Waals surface area contributed by atoms with Gasteiger partial charge < -0.3 is 15.0 Å². The highest BCUT2D eigenvalue weighted by atomic mass is 35.5. The fourth-order valence-electron chi connectivity index (χ4n) is 1.58. The first kappa shape index (κ1) is 15.2. The molecule has 0 spiro atoms. The van der Waals surface area contributed by atoms with E-state index in [4.69, 9.17) is 16.3 Å². The van der Waals surface area contributed by atoms with Crippen LogP contribution >= 0.6 is 11.6 Å². The predicted molar refractivity (Wildman–Crippen MR) is 76.4 cm³/mol. The molecule has 0 aliphatic heterocycles. The van der Waals surface area contributed by atoms with Gasteiger partial charge in [0.25, 0.3) is 0 Å². The Kier molecular flexibility index (Phi) is 6.39. The van der Waals surface area contributed by atoms with Crippen molar-refractivity contribution >= 4 is 17.4 Å². The van der Waals surface area contributed by atoms with E-state index in [1.165, 1.54) is 0 Å². The zero-order valence-corrected chi connectivity index (χ0v) is 12.3. The van der Waals surface area contributed by atoms with Crippen molar-refractivity contribution in [3.63, 3.8) is 0 Å². The molecule has 0 saturated heterocycles. The van der Waals surface area contributed by atoms with Crippen molar-refractivity contribution < 1.29 is 4.74 Å². The molecule has 0 radical (unpaired) electrons. The van der Waals surface area contributed by atoms with E-state index in [2.05, 4.69) is 10.3 Å². The number of nitrogens with zero attached hydrogens (tertiary/aromatic N) is 2. The molecule has 102 valence electrons. The van der Waals surface area contributed by atoms with Gasteiger partial charge in [0.2, 0.25) is 0 Å². The minimum Gasteiger partial charge on any atom is -0.377 e. The van der Waals surface area contributed by atoms with Crippen molar-refractivity contribution in [3.8, 4) is 0 Å². The van der Waals surface area contributed by atoms with E-state index < -0.39 is 0 Å². The maximum Gasteiger partial charge on any atom is 0.147 e. The minimum atomic E-state index is 0.250. The molecular formula is C13H22ClN3O. The number of likely N-dealkylation sites (N-methyl/N-ethyl adjacent to an activating group) is 1. The molecule has 4 nitrogen and oxygen atoms in total. The molecule has 0 amide bonds. The van der Waals surface area contributed by atoms with Gasteiger partial charge in [0.05, 0.1) is 17.7 Å². The third-order valence-corrected chi connectivity index (χ3v) is 2.78. The lowest BCUT2D eigenvalue weighted by Gasteiger charge is -2.20. The summed E-state index contributed by atoms with van der Waals surface area (Å²) in [7, 11) is 3.87. The summed E-state index contributed by atoms with van der Waals surface area (Å²) in [4.78, 5) is 6.40. The number of aromatic nitrogens is 1. The number of ether oxygens (including phenoxy) is 1. The molecule has 0 aliphatic rings. The molecule has 0 aliphatic carbocycles. The Bertz CT molecular complexity index is 371. The Labute approximate surface area is 114 Å².